The molecular formula is C45H44N6O3. The number of aromatic amines is 1. The van der Waals surface area contributed by atoms with Gasteiger partial charge >= 0.3 is 5.97 Å². The lowest BCUT2D eigenvalue weighted by molar-refractivity contribution is 0.0518. The van der Waals surface area contributed by atoms with Crippen LogP contribution in [0.3, 0.4) is 0 Å². The Hall–Kier alpha value is -6.19. The Labute approximate surface area is 315 Å². The van der Waals surface area contributed by atoms with Crippen molar-refractivity contribution in [2.75, 3.05) is 6.61 Å². The van der Waals surface area contributed by atoms with Gasteiger partial charge in [-0.15, -0.1) is 5.10 Å². The second-order valence-corrected chi connectivity index (χ2v) is 13.8. The van der Waals surface area contributed by atoms with Gasteiger partial charge in [-0.2, -0.15) is 0 Å². The molecule has 0 atom stereocenters. The number of esters is 1. The zero-order valence-corrected chi connectivity index (χ0v) is 31.0. The maximum Gasteiger partial charge on any atom is 0.358 e. The van der Waals surface area contributed by atoms with Crippen molar-refractivity contribution < 1.29 is 14.6 Å². The Kier molecular flexibility index (Phi) is 10.3. The summed E-state index contributed by atoms with van der Waals surface area (Å²) in [6.07, 6.45) is 3.50. The van der Waals surface area contributed by atoms with Crippen molar-refractivity contribution in [2.45, 2.75) is 58.1 Å². The highest BCUT2D eigenvalue weighted by Crippen LogP contribution is 2.45. The van der Waals surface area contributed by atoms with Crippen molar-refractivity contribution in [3.8, 4) is 22.5 Å². The fraction of sp³-hybridized carbons (Fsp3) is 0.222. The first-order valence-electron chi connectivity index (χ1n) is 18.4. The summed E-state index contributed by atoms with van der Waals surface area (Å²) in [5, 5.41) is 25.9. The number of carbonyl (C=O) groups is 1. The summed E-state index contributed by atoms with van der Waals surface area (Å²) in [7, 11) is 0. The number of aliphatic hydroxyl groups is 1. The largest absolute Gasteiger partial charge is 0.461 e. The molecule has 2 aromatic heterocycles. The van der Waals surface area contributed by atoms with Crippen LogP contribution in [-0.2, 0) is 28.7 Å². The van der Waals surface area contributed by atoms with E-state index in [1.165, 1.54) is 6.33 Å². The van der Waals surface area contributed by atoms with Gasteiger partial charge in [0.2, 0.25) is 0 Å². The maximum atomic E-state index is 12.7. The first-order valence-corrected chi connectivity index (χ1v) is 18.4. The Morgan fingerprint density at radius 3 is 1.89 bits per heavy atom. The number of tetrazole rings is 1. The molecular weight excluding hydrogens is 673 g/mol. The van der Waals surface area contributed by atoms with Crippen LogP contribution in [0.4, 0.5) is 0 Å². The van der Waals surface area contributed by atoms with Crippen molar-refractivity contribution in [2.24, 2.45) is 0 Å². The summed E-state index contributed by atoms with van der Waals surface area (Å²) in [6.45, 7) is 7.82. The van der Waals surface area contributed by atoms with E-state index in [-0.39, 0.29) is 12.3 Å². The van der Waals surface area contributed by atoms with E-state index in [2.05, 4.69) is 76.7 Å². The van der Waals surface area contributed by atoms with E-state index in [9.17, 15) is 9.90 Å². The highest BCUT2D eigenvalue weighted by atomic mass is 16.5. The first kappa shape index (κ1) is 36.2. The van der Waals surface area contributed by atoms with Crippen molar-refractivity contribution in [1.29, 1.82) is 0 Å². The second-order valence-electron chi connectivity index (χ2n) is 13.8. The molecule has 9 heteroatoms. The van der Waals surface area contributed by atoms with Gasteiger partial charge in [0.1, 0.15) is 5.54 Å². The Balaban J connectivity index is 1.46. The number of benzene rings is 5. The monoisotopic (exact) mass is 716 g/mol. The molecule has 5 aromatic carbocycles. The molecule has 0 bridgehead atoms. The average molecular weight is 717 g/mol. The number of nitrogens with zero attached hydrogens (tertiary/aromatic N) is 5. The summed E-state index contributed by atoms with van der Waals surface area (Å²) in [5.41, 5.74) is 7.17. The smallest absolute Gasteiger partial charge is 0.358 e. The Morgan fingerprint density at radius 1 is 0.759 bits per heavy atom. The summed E-state index contributed by atoms with van der Waals surface area (Å²) in [6, 6.07) is 43.3. The van der Waals surface area contributed by atoms with E-state index in [1.54, 1.807) is 6.92 Å². The first-order chi connectivity index (χ1) is 26.3. The molecule has 272 valence electrons. The molecule has 0 aliphatic rings. The third kappa shape index (κ3) is 6.63. The minimum Gasteiger partial charge on any atom is -0.461 e. The fourth-order valence-corrected chi connectivity index (χ4v) is 7.74. The third-order valence-electron chi connectivity index (χ3n) is 9.90. The molecule has 0 radical (unpaired) electrons. The Morgan fingerprint density at radius 2 is 1.33 bits per heavy atom. The summed E-state index contributed by atoms with van der Waals surface area (Å²) in [4.78, 5) is 20.2. The predicted octanol–water partition coefficient (Wildman–Crippen LogP) is 8.52. The van der Waals surface area contributed by atoms with Gasteiger partial charge in [-0.05, 0) is 82.1 Å². The quantitative estimate of drug-likeness (QED) is 0.0907. The minimum absolute atomic E-state index is 0.260. The molecule has 0 amide bonds. The summed E-state index contributed by atoms with van der Waals surface area (Å²) in [5.74, 6) is 0.107. The van der Waals surface area contributed by atoms with Crippen LogP contribution < -0.4 is 0 Å². The second kappa shape index (κ2) is 15.4. The number of hydrogen-bond acceptors (Lipinski definition) is 7. The average Bonchev–Trinajstić information content (AvgIpc) is 3.88. The number of H-pyrrole nitrogens is 1. The van der Waals surface area contributed by atoms with Gasteiger partial charge in [-0.1, -0.05) is 141 Å². The van der Waals surface area contributed by atoms with Crippen molar-refractivity contribution in [3.63, 3.8) is 0 Å². The zero-order valence-electron chi connectivity index (χ0n) is 31.0. The van der Waals surface area contributed by atoms with E-state index in [0.29, 0.717) is 24.4 Å². The number of imidazole rings is 1. The van der Waals surface area contributed by atoms with Crippen molar-refractivity contribution in [1.82, 2.24) is 30.2 Å². The van der Waals surface area contributed by atoms with Gasteiger partial charge in [-0.3, -0.25) is 0 Å². The minimum atomic E-state index is -1.23. The van der Waals surface area contributed by atoms with E-state index in [1.807, 2.05) is 91.3 Å². The van der Waals surface area contributed by atoms with Crippen molar-refractivity contribution >= 4 is 5.97 Å². The number of nitrogens with one attached hydrogen (secondary N) is 1. The molecule has 0 aliphatic heterocycles. The van der Waals surface area contributed by atoms with Crippen LogP contribution in [0.2, 0.25) is 0 Å². The number of carbonyl (C=O) groups excluding carboxylic acids is 1. The third-order valence-corrected chi connectivity index (χ3v) is 9.90. The van der Waals surface area contributed by atoms with Crippen LogP contribution in [0.1, 0.15) is 83.7 Å². The molecule has 54 heavy (non-hydrogen) atoms. The highest BCUT2D eigenvalue weighted by Gasteiger charge is 2.42. The molecule has 2 N–H and O–H groups in total. The van der Waals surface area contributed by atoms with Crippen LogP contribution in [0.25, 0.3) is 22.5 Å². The van der Waals surface area contributed by atoms with Gasteiger partial charge in [0.25, 0.3) is 0 Å². The van der Waals surface area contributed by atoms with Crippen molar-refractivity contribution in [3.05, 3.63) is 178 Å². The standard InChI is InChI=1S/C45H44N6O3/c1-5-18-35-31(29-39-41(47-30-46-39)43(52)54-6-2)27-28-37(40(35)44(3,4)53)36-25-16-17-26-38(36)42-48-49-50-51(42)45(32-19-10-7-11-20-32,33-21-12-8-13-22-33)34-23-14-9-15-24-34/h7-17,19-28,30,53H,5-6,18,29H2,1-4H3,(H,46,47). The Bertz CT molecular complexity index is 2250. The molecule has 9 nitrogen and oxygen atoms in total. The number of aromatic nitrogens is 6. The predicted molar refractivity (Wildman–Crippen MR) is 210 cm³/mol. The number of hydrogen-bond donors (Lipinski definition) is 2. The van der Waals surface area contributed by atoms with Crippen LogP contribution in [0.15, 0.2) is 134 Å². The lowest BCUT2D eigenvalue weighted by Crippen LogP contribution is -2.39. The molecule has 0 saturated carbocycles. The SMILES string of the molecule is CCCc1c(Cc2[nH]cnc2C(=O)OCC)ccc(-c2ccccc2-c2nnnn2C(c2ccccc2)(c2ccccc2)c2ccccc2)c1C(C)(C)O. The van der Waals surface area contributed by atoms with Gasteiger partial charge in [0.15, 0.2) is 11.5 Å². The molecule has 2 heterocycles. The fourth-order valence-electron chi connectivity index (χ4n) is 7.74. The van der Waals surface area contributed by atoms with Gasteiger partial charge in [0.05, 0.1) is 24.2 Å². The topological polar surface area (TPSA) is 119 Å². The van der Waals surface area contributed by atoms with E-state index in [0.717, 1.165) is 56.5 Å². The van der Waals surface area contributed by atoms with E-state index >= 15 is 0 Å². The van der Waals surface area contributed by atoms with Crippen LogP contribution in [0.5, 0.6) is 0 Å². The maximum absolute atomic E-state index is 12.7. The van der Waals surface area contributed by atoms with Gasteiger partial charge < -0.3 is 14.8 Å². The summed E-state index contributed by atoms with van der Waals surface area (Å²) >= 11 is 0. The molecule has 7 aromatic rings. The molecule has 0 aliphatic carbocycles. The molecule has 0 spiro atoms. The number of ether oxygens (including phenoxy) is 1. The van der Waals surface area contributed by atoms with Crippen LogP contribution in [0, 0.1) is 0 Å². The molecule has 7 rings (SSSR count). The number of rotatable bonds is 13. The molecule has 0 unspecified atom stereocenters. The van der Waals surface area contributed by atoms with Crippen LogP contribution in [-0.4, -0.2) is 47.9 Å². The van der Waals surface area contributed by atoms with E-state index in [4.69, 9.17) is 15.0 Å². The lowest BCUT2D eigenvalue weighted by atomic mass is 9.76. The summed E-state index contributed by atoms with van der Waals surface area (Å²) < 4.78 is 7.22. The molecule has 0 saturated heterocycles. The molecule has 0 fully saturated rings. The highest BCUT2D eigenvalue weighted by molar-refractivity contribution is 5.89. The normalized spacial score (nSPS) is 11.8. The van der Waals surface area contributed by atoms with E-state index < -0.39 is 17.1 Å². The van der Waals surface area contributed by atoms with Gasteiger partial charge in [0, 0.05) is 12.0 Å². The zero-order chi connectivity index (χ0) is 37.7. The lowest BCUT2D eigenvalue weighted by Gasteiger charge is -2.36. The van der Waals surface area contributed by atoms with Crippen LogP contribution >= 0.6 is 0 Å². The van der Waals surface area contributed by atoms with Gasteiger partial charge in [-0.25, -0.2) is 14.5 Å².